The maximum atomic E-state index is 13.8. The molecule has 2 atom stereocenters. The summed E-state index contributed by atoms with van der Waals surface area (Å²) in [6.07, 6.45) is 6.86. The SMILES string of the molecule is O=C(O)[C@H]1C2CCC(CC2)[C@@H]1Nc1nc(-c2n[nH]c3c2C=C(F)C=I3)ncc1Cl. The number of nitrogens with zero attached hydrogens (tertiary/aromatic N) is 3. The van der Waals surface area contributed by atoms with Crippen LogP contribution in [0.15, 0.2) is 12.0 Å². The summed E-state index contributed by atoms with van der Waals surface area (Å²) in [5, 5.41) is 20.6. The van der Waals surface area contributed by atoms with Crippen molar-refractivity contribution in [1.29, 1.82) is 0 Å². The zero-order chi connectivity index (χ0) is 20.1. The number of carboxylic acid groups (broad SMARTS) is 1. The number of nitrogens with one attached hydrogen (secondary N) is 2. The van der Waals surface area contributed by atoms with Gasteiger partial charge in [-0.25, -0.2) is 14.4 Å². The lowest BCUT2D eigenvalue weighted by Gasteiger charge is -2.47. The van der Waals surface area contributed by atoms with Gasteiger partial charge in [0.1, 0.15) is 22.4 Å². The summed E-state index contributed by atoms with van der Waals surface area (Å²) in [5.74, 6) is -0.302. The van der Waals surface area contributed by atoms with Crippen molar-refractivity contribution >= 4 is 54.2 Å². The fourth-order valence-electron chi connectivity index (χ4n) is 4.74. The van der Waals surface area contributed by atoms with Crippen molar-refractivity contribution in [3.05, 3.63) is 26.3 Å². The zero-order valence-corrected chi connectivity index (χ0v) is 18.1. The van der Waals surface area contributed by atoms with E-state index in [-0.39, 0.29) is 23.7 Å². The molecule has 0 amide bonds. The second-order valence-electron chi connectivity index (χ2n) is 7.65. The van der Waals surface area contributed by atoms with Crippen molar-refractivity contribution in [1.82, 2.24) is 20.2 Å². The minimum Gasteiger partial charge on any atom is -0.481 e. The summed E-state index contributed by atoms with van der Waals surface area (Å²) in [6, 6.07) is -0.217. The first-order valence-corrected chi connectivity index (χ1v) is 12.2. The lowest BCUT2D eigenvalue weighted by Crippen LogP contribution is -2.51. The van der Waals surface area contributed by atoms with Crippen LogP contribution in [0, 0.1) is 21.5 Å². The van der Waals surface area contributed by atoms with Crippen LogP contribution in [0.1, 0.15) is 31.2 Å². The van der Waals surface area contributed by atoms with E-state index in [1.54, 1.807) is 4.01 Å². The van der Waals surface area contributed by atoms with Gasteiger partial charge in [0.05, 0.1) is 15.8 Å². The molecule has 1 aliphatic heterocycles. The van der Waals surface area contributed by atoms with Crippen molar-refractivity contribution < 1.29 is 14.3 Å². The van der Waals surface area contributed by atoms with Gasteiger partial charge in [0.2, 0.25) is 0 Å². The number of fused-ring (bicyclic) bond motifs is 4. The van der Waals surface area contributed by atoms with Crippen molar-refractivity contribution in [2.75, 3.05) is 5.32 Å². The Labute approximate surface area is 180 Å². The van der Waals surface area contributed by atoms with Crippen molar-refractivity contribution in [3.8, 4) is 11.5 Å². The lowest BCUT2D eigenvalue weighted by molar-refractivity contribution is -0.148. The van der Waals surface area contributed by atoms with E-state index in [2.05, 4.69) is 25.5 Å². The van der Waals surface area contributed by atoms with Crippen LogP contribution in [0.25, 0.3) is 17.6 Å². The molecule has 0 unspecified atom stereocenters. The number of rotatable bonds is 4. The van der Waals surface area contributed by atoms with E-state index in [4.69, 9.17) is 11.6 Å². The molecule has 0 saturated heterocycles. The van der Waals surface area contributed by atoms with Gasteiger partial charge in [-0.2, -0.15) is 5.10 Å². The summed E-state index contributed by atoms with van der Waals surface area (Å²) < 4.78 is 16.2. The van der Waals surface area contributed by atoms with Crippen LogP contribution >= 0.6 is 32.3 Å². The first-order valence-electron chi connectivity index (χ1n) is 9.45. The van der Waals surface area contributed by atoms with Gasteiger partial charge < -0.3 is 10.4 Å². The average Bonchev–Trinajstić information content (AvgIpc) is 3.13. The first kappa shape index (κ1) is 19.1. The van der Waals surface area contributed by atoms with E-state index in [0.29, 0.717) is 27.9 Å². The van der Waals surface area contributed by atoms with Gasteiger partial charge in [-0.15, -0.1) is 0 Å². The Balaban J connectivity index is 1.49. The van der Waals surface area contributed by atoms with Crippen LogP contribution < -0.4 is 5.32 Å². The third-order valence-corrected chi connectivity index (χ3v) is 8.70. The zero-order valence-electron chi connectivity index (χ0n) is 15.2. The van der Waals surface area contributed by atoms with E-state index in [0.717, 1.165) is 29.4 Å². The molecule has 2 aromatic rings. The standard InChI is InChI=1S/C19H18ClFIN5O2/c20-12-7-23-18(15-11-5-10(21)6-22-16(11)27-26-15)25-17(12)24-14-9-3-1-8(2-4-9)13(14)19(28)29/h5-9,13-14H,1-4H2,(H,26,27)(H,28,29)(H,23,24,25)/t8?,9?,13-,14-/m0/s1. The molecule has 3 heterocycles. The van der Waals surface area contributed by atoms with Gasteiger partial charge in [-0.3, -0.25) is 9.89 Å². The third kappa shape index (κ3) is 3.37. The molecule has 4 aliphatic rings. The van der Waals surface area contributed by atoms with E-state index >= 15 is 0 Å². The highest BCUT2D eigenvalue weighted by molar-refractivity contribution is 14.2. The Kier molecular flexibility index (Phi) is 4.89. The number of aromatic amines is 1. The van der Waals surface area contributed by atoms with Crippen molar-refractivity contribution in [3.63, 3.8) is 0 Å². The largest absolute Gasteiger partial charge is 0.481 e. The number of aromatic nitrogens is 4. The molecule has 7 nitrogen and oxygen atoms in total. The molecule has 29 heavy (non-hydrogen) atoms. The predicted octanol–water partition coefficient (Wildman–Crippen LogP) is 4.09. The molecule has 3 aliphatic carbocycles. The number of halogens is 3. The number of carboxylic acids is 1. The Bertz CT molecular complexity index is 1050. The number of anilines is 1. The number of hydrogen-bond acceptors (Lipinski definition) is 5. The number of H-pyrrole nitrogens is 1. The second-order valence-corrected chi connectivity index (χ2v) is 10.4. The van der Waals surface area contributed by atoms with Gasteiger partial charge in [-0.05, 0) is 43.6 Å². The monoisotopic (exact) mass is 529 g/mol. The van der Waals surface area contributed by atoms with Gasteiger partial charge in [-0.1, -0.05) is 32.3 Å². The summed E-state index contributed by atoms with van der Waals surface area (Å²) in [5.41, 5.74) is 1.15. The topological polar surface area (TPSA) is 104 Å². The average molecular weight is 530 g/mol. The summed E-state index contributed by atoms with van der Waals surface area (Å²) in [4.78, 5) is 20.7. The number of hydrogen-bond donors (Lipinski definition) is 3. The maximum Gasteiger partial charge on any atom is 0.308 e. The smallest absolute Gasteiger partial charge is 0.308 e. The lowest BCUT2D eigenvalue weighted by atomic mass is 9.61. The molecule has 6 rings (SSSR count). The third-order valence-electron chi connectivity index (χ3n) is 6.07. The van der Waals surface area contributed by atoms with Gasteiger partial charge >= 0.3 is 5.97 Å². The molecule has 3 saturated carbocycles. The Morgan fingerprint density at radius 1 is 1.31 bits per heavy atom. The van der Waals surface area contributed by atoms with Crippen molar-refractivity contribution in [2.45, 2.75) is 31.7 Å². The van der Waals surface area contributed by atoms with Crippen LogP contribution in [0.5, 0.6) is 0 Å². The summed E-state index contributed by atoms with van der Waals surface area (Å²) >= 11 is 5.73. The normalized spacial score (nSPS) is 27.7. The molecule has 0 radical (unpaired) electrons. The van der Waals surface area contributed by atoms with Crippen LogP contribution in [-0.4, -0.2) is 41.3 Å². The number of allylic oxidation sites excluding steroid dienone is 1. The molecule has 0 spiro atoms. The van der Waals surface area contributed by atoms with Gasteiger partial charge in [0.15, 0.2) is 5.82 Å². The molecule has 152 valence electrons. The Morgan fingerprint density at radius 3 is 2.83 bits per heavy atom. The van der Waals surface area contributed by atoms with E-state index < -0.39 is 32.6 Å². The number of aliphatic carboxylic acids is 1. The summed E-state index contributed by atoms with van der Waals surface area (Å²) in [6.45, 7) is 0. The summed E-state index contributed by atoms with van der Waals surface area (Å²) in [7, 11) is 0. The van der Waals surface area contributed by atoms with E-state index in [1.807, 2.05) is 0 Å². The van der Waals surface area contributed by atoms with Crippen LogP contribution in [0.3, 0.4) is 0 Å². The number of carbonyl (C=O) groups is 1. The van der Waals surface area contributed by atoms with Crippen LogP contribution in [-0.2, 0) is 4.79 Å². The van der Waals surface area contributed by atoms with Crippen molar-refractivity contribution in [2.24, 2.45) is 17.8 Å². The fraction of sp³-hybridized carbons (Fsp3) is 0.421. The molecular weight excluding hydrogens is 512 g/mol. The first-order chi connectivity index (χ1) is 14.0. The predicted molar refractivity (Wildman–Crippen MR) is 116 cm³/mol. The Morgan fingerprint density at radius 2 is 2.07 bits per heavy atom. The van der Waals surface area contributed by atoms with Crippen LogP contribution in [0.2, 0.25) is 5.02 Å². The highest BCUT2D eigenvalue weighted by Crippen LogP contribution is 2.46. The second kappa shape index (κ2) is 7.42. The quantitative estimate of drug-likeness (QED) is 0.516. The highest BCUT2D eigenvalue weighted by atomic mass is 127. The van der Waals surface area contributed by atoms with Crippen LogP contribution in [0.4, 0.5) is 10.2 Å². The maximum absolute atomic E-state index is 13.8. The molecule has 3 fully saturated rings. The minimum atomic E-state index is -0.774. The van der Waals surface area contributed by atoms with Gasteiger partial charge in [0, 0.05) is 15.6 Å². The minimum absolute atomic E-state index is 0.182. The molecular formula is C19H18ClFIN5O2. The highest BCUT2D eigenvalue weighted by Gasteiger charge is 2.47. The molecule has 3 N–H and O–H groups in total. The van der Waals surface area contributed by atoms with Gasteiger partial charge in [0.25, 0.3) is 0 Å². The Hall–Kier alpha value is -1.88. The fourth-order valence-corrected chi connectivity index (χ4v) is 6.68. The molecule has 2 bridgehead atoms. The van der Waals surface area contributed by atoms with E-state index in [1.165, 1.54) is 12.3 Å². The molecule has 10 heteroatoms. The molecule has 0 aromatic carbocycles. The van der Waals surface area contributed by atoms with E-state index in [9.17, 15) is 14.3 Å². The molecule has 2 aromatic heterocycles.